The zero-order valence-corrected chi connectivity index (χ0v) is 24.1. The predicted octanol–water partition coefficient (Wildman–Crippen LogP) is 5.32. The van der Waals surface area contributed by atoms with Gasteiger partial charge in [0.05, 0.1) is 42.3 Å². The second-order valence-corrected chi connectivity index (χ2v) is 12.7. The summed E-state index contributed by atoms with van der Waals surface area (Å²) in [5.41, 5.74) is 2.39. The van der Waals surface area contributed by atoms with Gasteiger partial charge in [0.1, 0.15) is 5.58 Å². The summed E-state index contributed by atoms with van der Waals surface area (Å²) in [4.78, 5) is 45.1. The fourth-order valence-corrected chi connectivity index (χ4v) is 8.06. The van der Waals surface area contributed by atoms with Crippen molar-refractivity contribution in [1.82, 2.24) is 9.80 Å². The van der Waals surface area contributed by atoms with E-state index < -0.39 is 0 Å². The standard InChI is InChI=1S/C34H40N2O5/c1-23-8-9-30-29(12-23)32(38)28(22-41-30)20-36(19-24-6-4-3-5-7-24)31(37)21-35(10-11-40-2)33(39)34-16-25-13-26(17-34)15-27(14-25)18-34/h3-9,12,22,25-27H,10-11,13-21H2,1-2H3. The van der Waals surface area contributed by atoms with Gasteiger partial charge < -0.3 is 19.0 Å². The average molecular weight is 557 g/mol. The molecule has 1 aromatic heterocycles. The quantitative estimate of drug-likeness (QED) is 0.338. The van der Waals surface area contributed by atoms with Crippen LogP contribution in [0.15, 0.2) is 64.0 Å². The van der Waals surface area contributed by atoms with Gasteiger partial charge in [-0.3, -0.25) is 14.4 Å². The first-order valence-electron chi connectivity index (χ1n) is 14.9. The first kappa shape index (κ1) is 27.7. The highest BCUT2D eigenvalue weighted by molar-refractivity contribution is 5.88. The molecule has 3 aromatic rings. The monoisotopic (exact) mass is 556 g/mol. The summed E-state index contributed by atoms with van der Waals surface area (Å²) in [6.07, 6.45) is 8.06. The van der Waals surface area contributed by atoms with Crippen molar-refractivity contribution in [1.29, 1.82) is 0 Å². The molecule has 4 aliphatic rings. The maximum atomic E-state index is 14.2. The first-order chi connectivity index (χ1) is 19.8. The molecule has 4 bridgehead atoms. The van der Waals surface area contributed by atoms with Crippen LogP contribution >= 0.6 is 0 Å². The van der Waals surface area contributed by atoms with E-state index in [1.54, 1.807) is 23.0 Å². The Morgan fingerprint density at radius 3 is 2.29 bits per heavy atom. The molecule has 216 valence electrons. The van der Waals surface area contributed by atoms with Crippen molar-refractivity contribution >= 4 is 22.8 Å². The summed E-state index contributed by atoms with van der Waals surface area (Å²) in [6.45, 7) is 3.08. The normalized spacial score (nSPS) is 24.5. The Kier molecular flexibility index (Phi) is 7.73. The molecule has 0 atom stereocenters. The number of nitrogens with zero attached hydrogens (tertiary/aromatic N) is 2. The minimum Gasteiger partial charge on any atom is -0.464 e. The van der Waals surface area contributed by atoms with E-state index in [9.17, 15) is 14.4 Å². The van der Waals surface area contributed by atoms with Crippen LogP contribution in [0.4, 0.5) is 0 Å². The zero-order valence-electron chi connectivity index (χ0n) is 24.1. The van der Waals surface area contributed by atoms with Crippen LogP contribution in [0.5, 0.6) is 0 Å². The van der Waals surface area contributed by atoms with Gasteiger partial charge in [-0.2, -0.15) is 0 Å². The molecule has 7 heteroatoms. The Hall–Kier alpha value is -3.45. The van der Waals surface area contributed by atoms with Crippen LogP contribution < -0.4 is 5.43 Å². The van der Waals surface area contributed by atoms with E-state index >= 15 is 0 Å². The fourth-order valence-electron chi connectivity index (χ4n) is 8.06. The smallest absolute Gasteiger partial charge is 0.242 e. The highest BCUT2D eigenvalue weighted by atomic mass is 16.5. The third-order valence-electron chi connectivity index (χ3n) is 9.60. The molecule has 0 saturated heterocycles. The molecule has 2 aromatic carbocycles. The van der Waals surface area contributed by atoms with Gasteiger partial charge in [-0.15, -0.1) is 0 Å². The van der Waals surface area contributed by atoms with Crippen LogP contribution in [-0.4, -0.2) is 48.4 Å². The van der Waals surface area contributed by atoms with Gasteiger partial charge in [0.25, 0.3) is 0 Å². The van der Waals surface area contributed by atoms with Crippen LogP contribution in [0.1, 0.15) is 55.2 Å². The van der Waals surface area contributed by atoms with Gasteiger partial charge in [0.2, 0.25) is 11.8 Å². The molecule has 2 amide bonds. The molecule has 4 aliphatic carbocycles. The fraction of sp³-hybridized carbons (Fsp3) is 0.500. The lowest BCUT2D eigenvalue weighted by atomic mass is 9.49. The molecule has 4 fully saturated rings. The van der Waals surface area contributed by atoms with Crippen LogP contribution in [-0.2, 0) is 27.4 Å². The molecular weight excluding hydrogens is 516 g/mol. The second kappa shape index (κ2) is 11.4. The van der Waals surface area contributed by atoms with Crippen molar-refractivity contribution in [2.45, 2.75) is 58.5 Å². The van der Waals surface area contributed by atoms with E-state index in [0.29, 0.717) is 54.0 Å². The summed E-state index contributed by atoms with van der Waals surface area (Å²) < 4.78 is 11.2. The van der Waals surface area contributed by atoms with Crippen molar-refractivity contribution in [3.63, 3.8) is 0 Å². The van der Waals surface area contributed by atoms with Crippen LogP contribution in [0, 0.1) is 30.1 Å². The molecule has 4 saturated carbocycles. The Morgan fingerprint density at radius 1 is 0.951 bits per heavy atom. The Labute approximate surface area is 241 Å². The van der Waals surface area contributed by atoms with Crippen molar-refractivity contribution in [3.05, 3.63) is 81.7 Å². The summed E-state index contributed by atoms with van der Waals surface area (Å²) in [6, 6.07) is 15.3. The summed E-state index contributed by atoms with van der Waals surface area (Å²) in [5, 5.41) is 0.508. The van der Waals surface area contributed by atoms with Gasteiger partial charge >= 0.3 is 0 Å². The van der Waals surface area contributed by atoms with Gasteiger partial charge in [0, 0.05) is 20.2 Å². The molecule has 0 spiro atoms. The third-order valence-corrected chi connectivity index (χ3v) is 9.60. The summed E-state index contributed by atoms with van der Waals surface area (Å²) in [5.74, 6) is 1.83. The number of benzene rings is 2. The number of aryl methyl sites for hydroxylation is 1. The van der Waals surface area contributed by atoms with Crippen LogP contribution in [0.25, 0.3) is 11.0 Å². The third kappa shape index (κ3) is 5.69. The van der Waals surface area contributed by atoms with E-state index in [0.717, 1.165) is 30.4 Å². The lowest BCUT2D eigenvalue weighted by Gasteiger charge is -2.56. The number of fused-ring (bicyclic) bond motifs is 1. The molecule has 41 heavy (non-hydrogen) atoms. The zero-order chi connectivity index (χ0) is 28.6. The molecule has 0 aliphatic heterocycles. The number of hydrogen-bond acceptors (Lipinski definition) is 5. The largest absolute Gasteiger partial charge is 0.464 e. The van der Waals surface area contributed by atoms with E-state index in [1.807, 2.05) is 49.4 Å². The van der Waals surface area contributed by atoms with E-state index in [4.69, 9.17) is 9.15 Å². The Morgan fingerprint density at radius 2 is 1.63 bits per heavy atom. The SMILES string of the molecule is COCCN(CC(=O)N(Cc1ccccc1)Cc1coc2ccc(C)cc2c1=O)C(=O)C12CC3CC(CC(C3)C1)C2. The molecule has 7 rings (SSSR count). The number of hydrogen-bond donors (Lipinski definition) is 0. The van der Waals surface area contributed by atoms with E-state index in [2.05, 4.69) is 0 Å². The average Bonchev–Trinajstić information content (AvgIpc) is 2.96. The van der Waals surface area contributed by atoms with Crippen LogP contribution in [0.3, 0.4) is 0 Å². The number of carbonyl (C=O) groups is 2. The summed E-state index contributed by atoms with van der Waals surface area (Å²) in [7, 11) is 1.62. The minimum absolute atomic E-state index is 0.0329. The van der Waals surface area contributed by atoms with Gasteiger partial charge in [0.15, 0.2) is 5.43 Å². The highest BCUT2D eigenvalue weighted by Gasteiger charge is 2.55. The number of rotatable bonds is 10. The second-order valence-electron chi connectivity index (χ2n) is 12.7. The lowest BCUT2D eigenvalue weighted by molar-refractivity contribution is -0.161. The van der Waals surface area contributed by atoms with Gasteiger partial charge in [-0.1, -0.05) is 42.0 Å². The number of amides is 2. The van der Waals surface area contributed by atoms with E-state index in [1.165, 1.54) is 25.5 Å². The number of methoxy groups -OCH3 is 1. The Bertz CT molecular complexity index is 1440. The predicted molar refractivity (Wildman–Crippen MR) is 157 cm³/mol. The highest BCUT2D eigenvalue weighted by Crippen LogP contribution is 2.60. The molecule has 0 unspecified atom stereocenters. The maximum absolute atomic E-state index is 14.2. The number of ether oxygens (including phenoxy) is 1. The van der Waals surface area contributed by atoms with Crippen molar-refractivity contribution in [2.75, 3.05) is 26.8 Å². The molecule has 1 heterocycles. The Balaban J connectivity index is 1.27. The molecular formula is C34H40N2O5. The number of carbonyl (C=O) groups excluding carboxylic acids is 2. The van der Waals surface area contributed by atoms with Gasteiger partial charge in [-0.25, -0.2) is 0 Å². The van der Waals surface area contributed by atoms with Crippen molar-refractivity contribution in [2.24, 2.45) is 23.2 Å². The van der Waals surface area contributed by atoms with Gasteiger partial charge in [-0.05, 0) is 80.9 Å². The molecule has 0 N–H and O–H groups in total. The molecule has 0 radical (unpaired) electrons. The lowest BCUT2D eigenvalue weighted by Crippen LogP contribution is -2.56. The van der Waals surface area contributed by atoms with Crippen LogP contribution in [0.2, 0.25) is 0 Å². The summed E-state index contributed by atoms with van der Waals surface area (Å²) >= 11 is 0. The topological polar surface area (TPSA) is 80.1 Å². The maximum Gasteiger partial charge on any atom is 0.242 e. The van der Waals surface area contributed by atoms with Crippen molar-refractivity contribution in [3.8, 4) is 0 Å². The van der Waals surface area contributed by atoms with E-state index in [-0.39, 0.29) is 35.7 Å². The van der Waals surface area contributed by atoms with Crippen molar-refractivity contribution < 1.29 is 18.7 Å². The molecule has 7 nitrogen and oxygen atoms in total. The minimum atomic E-state index is -0.343. The first-order valence-corrected chi connectivity index (χ1v) is 14.9.